The van der Waals surface area contributed by atoms with Crippen molar-refractivity contribution in [1.29, 1.82) is 0 Å². The molecule has 3 aromatic rings. The lowest BCUT2D eigenvalue weighted by molar-refractivity contribution is 0.591. The molecule has 0 saturated carbocycles. The second-order valence-electron chi connectivity index (χ2n) is 4.65. The van der Waals surface area contributed by atoms with Crippen LogP contribution in [0, 0.1) is 11.6 Å². The molecule has 0 amide bonds. The molecule has 6 heteroatoms. The number of hydrogen-bond donors (Lipinski definition) is 0. The third-order valence-corrected chi connectivity index (χ3v) is 3.58. The van der Waals surface area contributed by atoms with Gasteiger partial charge in [-0.3, -0.25) is 4.57 Å². The zero-order chi connectivity index (χ0) is 15.1. The zero-order valence-electron chi connectivity index (χ0n) is 10.9. The summed E-state index contributed by atoms with van der Waals surface area (Å²) >= 11 is 12.1. The fourth-order valence-corrected chi connectivity index (χ4v) is 2.56. The van der Waals surface area contributed by atoms with E-state index >= 15 is 0 Å². The Kier molecular flexibility index (Phi) is 3.59. The first-order chi connectivity index (χ1) is 9.97. The molecule has 2 nitrogen and oxygen atoms in total. The average molecular weight is 327 g/mol. The molecule has 0 N–H and O–H groups in total. The fourth-order valence-electron chi connectivity index (χ4n) is 2.25. The number of rotatable bonds is 2. The van der Waals surface area contributed by atoms with E-state index in [1.165, 1.54) is 4.57 Å². The molecule has 0 aliphatic carbocycles. The van der Waals surface area contributed by atoms with Crippen molar-refractivity contribution in [1.82, 2.24) is 9.55 Å². The van der Waals surface area contributed by atoms with Gasteiger partial charge < -0.3 is 0 Å². The average Bonchev–Trinajstić information content (AvgIpc) is 2.80. The molecular weight excluding hydrogens is 317 g/mol. The third kappa shape index (κ3) is 2.49. The maximum Gasteiger partial charge on any atom is 0.147 e. The van der Waals surface area contributed by atoms with E-state index in [2.05, 4.69) is 4.98 Å². The van der Waals surface area contributed by atoms with Crippen molar-refractivity contribution in [2.24, 2.45) is 0 Å². The number of aromatic nitrogens is 2. The highest BCUT2D eigenvalue weighted by Crippen LogP contribution is 2.30. The number of fused-ring (bicyclic) bond motifs is 1. The van der Waals surface area contributed by atoms with E-state index in [9.17, 15) is 8.78 Å². The van der Waals surface area contributed by atoms with Crippen molar-refractivity contribution < 1.29 is 8.78 Å². The van der Waals surface area contributed by atoms with Crippen LogP contribution in [-0.4, -0.2) is 9.55 Å². The van der Waals surface area contributed by atoms with E-state index in [0.29, 0.717) is 21.9 Å². The molecule has 0 bridgehead atoms. The SMILES string of the molecule is CC(Cl)c1nc2cc(Cl)ccc2n1-c1cc(F)ccc1F. The number of imidazole rings is 1. The standard InChI is InChI=1S/C15H10Cl2F2N2/c1-8(16)15-20-12-6-9(17)2-5-13(12)21(15)14-7-10(18)3-4-11(14)19/h2-8H,1H3. The Morgan fingerprint density at radius 1 is 1.14 bits per heavy atom. The molecule has 0 aliphatic heterocycles. The Bertz CT molecular complexity index is 828. The van der Waals surface area contributed by atoms with Gasteiger partial charge in [-0.2, -0.15) is 0 Å². The summed E-state index contributed by atoms with van der Waals surface area (Å²) in [5, 5.41) is 0.0412. The smallest absolute Gasteiger partial charge is 0.147 e. The topological polar surface area (TPSA) is 17.8 Å². The predicted octanol–water partition coefficient (Wildman–Crippen LogP) is 5.26. The minimum Gasteiger partial charge on any atom is -0.292 e. The van der Waals surface area contributed by atoms with Crippen LogP contribution in [0.15, 0.2) is 36.4 Å². The molecule has 2 aromatic carbocycles. The van der Waals surface area contributed by atoms with Crippen LogP contribution in [0.4, 0.5) is 8.78 Å². The molecule has 0 spiro atoms. The largest absolute Gasteiger partial charge is 0.292 e. The molecule has 1 heterocycles. The van der Waals surface area contributed by atoms with Crippen molar-refractivity contribution in [3.05, 3.63) is 58.9 Å². The maximum absolute atomic E-state index is 14.1. The zero-order valence-corrected chi connectivity index (χ0v) is 12.5. The van der Waals surface area contributed by atoms with Gasteiger partial charge in [-0.15, -0.1) is 11.6 Å². The van der Waals surface area contributed by atoms with E-state index in [1.54, 1.807) is 25.1 Å². The Morgan fingerprint density at radius 3 is 2.62 bits per heavy atom. The Labute approximate surface area is 129 Å². The number of alkyl halides is 1. The number of nitrogens with zero attached hydrogens (tertiary/aromatic N) is 2. The van der Waals surface area contributed by atoms with Crippen LogP contribution in [-0.2, 0) is 0 Å². The quantitative estimate of drug-likeness (QED) is 0.587. The van der Waals surface area contributed by atoms with Crippen LogP contribution in [0.3, 0.4) is 0 Å². The minimum absolute atomic E-state index is 0.0716. The highest BCUT2D eigenvalue weighted by molar-refractivity contribution is 6.31. The van der Waals surface area contributed by atoms with Crippen LogP contribution in [0.1, 0.15) is 18.1 Å². The second kappa shape index (κ2) is 5.28. The van der Waals surface area contributed by atoms with Crippen molar-refractivity contribution in [3.8, 4) is 5.69 Å². The van der Waals surface area contributed by atoms with Crippen LogP contribution in [0.5, 0.6) is 0 Å². The number of hydrogen-bond acceptors (Lipinski definition) is 1. The molecule has 0 fully saturated rings. The Balaban J connectivity index is 2.39. The Morgan fingerprint density at radius 2 is 1.90 bits per heavy atom. The molecule has 108 valence electrons. The molecular formula is C15H10Cl2F2N2. The summed E-state index contributed by atoms with van der Waals surface area (Å²) in [7, 11) is 0. The molecule has 3 rings (SSSR count). The van der Waals surface area contributed by atoms with Gasteiger partial charge in [0.1, 0.15) is 17.5 Å². The first-order valence-electron chi connectivity index (χ1n) is 6.25. The van der Waals surface area contributed by atoms with Gasteiger partial charge in [-0.05, 0) is 37.3 Å². The van der Waals surface area contributed by atoms with Crippen molar-refractivity contribution >= 4 is 34.2 Å². The van der Waals surface area contributed by atoms with Gasteiger partial charge in [-0.25, -0.2) is 13.8 Å². The lowest BCUT2D eigenvalue weighted by Crippen LogP contribution is -2.04. The fraction of sp³-hybridized carbons (Fsp3) is 0.133. The number of benzene rings is 2. The van der Waals surface area contributed by atoms with Gasteiger partial charge in [0.25, 0.3) is 0 Å². The van der Waals surface area contributed by atoms with Gasteiger partial charge in [-0.1, -0.05) is 11.6 Å². The minimum atomic E-state index is -0.552. The molecule has 0 aliphatic rings. The van der Waals surface area contributed by atoms with Crippen LogP contribution < -0.4 is 0 Å². The molecule has 0 radical (unpaired) electrons. The van der Waals surface area contributed by atoms with Gasteiger partial charge in [0.05, 0.1) is 22.1 Å². The van der Waals surface area contributed by atoms with Gasteiger partial charge in [0.15, 0.2) is 0 Å². The summed E-state index contributed by atoms with van der Waals surface area (Å²) in [6, 6.07) is 8.30. The lowest BCUT2D eigenvalue weighted by Gasteiger charge is -2.11. The summed E-state index contributed by atoms with van der Waals surface area (Å²) in [6.07, 6.45) is 0. The van der Waals surface area contributed by atoms with Crippen molar-refractivity contribution in [2.45, 2.75) is 12.3 Å². The molecule has 21 heavy (non-hydrogen) atoms. The maximum atomic E-state index is 14.1. The van der Waals surface area contributed by atoms with E-state index in [-0.39, 0.29) is 5.69 Å². The summed E-state index contributed by atoms with van der Waals surface area (Å²) in [4.78, 5) is 4.38. The first kappa shape index (κ1) is 14.3. The number of halogens is 4. The van der Waals surface area contributed by atoms with Crippen LogP contribution in [0.2, 0.25) is 5.02 Å². The molecule has 1 aromatic heterocycles. The monoisotopic (exact) mass is 326 g/mol. The van der Waals surface area contributed by atoms with E-state index in [0.717, 1.165) is 18.2 Å². The third-order valence-electron chi connectivity index (χ3n) is 3.15. The summed E-state index contributed by atoms with van der Waals surface area (Å²) < 4.78 is 29.1. The van der Waals surface area contributed by atoms with Gasteiger partial charge in [0.2, 0.25) is 0 Å². The summed E-state index contributed by atoms with van der Waals surface area (Å²) in [5.41, 5.74) is 1.27. The van der Waals surface area contributed by atoms with Crippen LogP contribution in [0.25, 0.3) is 16.7 Å². The second-order valence-corrected chi connectivity index (χ2v) is 5.74. The first-order valence-corrected chi connectivity index (χ1v) is 7.06. The molecule has 1 atom stereocenters. The lowest BCUT2D eigenvalue weighted by atomic mass is 10.2. The highest BCUT2D eigenvalue weighted by atomic mass is 35.5. The molecule has 1 unspecified atom stereocenters. The Hall–Kier alpha value is -1.65. The van der Waals surface area contributed by atoms with E-state index in [1.807, 2.05) is 0 Å². The van der Waals surface area contributed by atoms with E-state index in [4.69, 9.17) is 23.2 Å². The van der Waals surface area contributed by atoms with Gasteiger partial charge in [0, 0.05) is 11.1 Å². The van der Waals surface area contributed by atoms with Gasteiger partial charge >= 0.3 is 0 Å². The van der Waals surface area contributed by atoms with Crippen molar-refractivity contribution in [3.63, 3.8) is 0 Å². The van der Waals surface area contributed by atoms with Crippen LogP contribution >= 0.6 is 23.2 Å². The molecule has 0 saturated heterocycles. The van der Waals surface area contributed by atoms with E-state index < -0.39 is 17.0 Å². The summed E-state index contributed by atoms with van der Waals surface area (Å²) in [6.45, 7) is 1.72. The predicted molar refractivity (Wildman–Crippen MR) is 80.3 cm³/mol. The highest BCUT2D eigenvalue weighted by Gasteiger charge is 2.19. The summed E-state index contributed by atoms with van der Waals surface area (Å²) in [5.74, 6) is -0.655. The van der Waals surface area contributed by atoms with Crippen molar-refractivity contribution in [2.75, 3.05) is 0 Å². The normalized spacial score (nSPS) is 12.8.